The van der Waals surface area contributed by atoms with Crippen LogP contribution in [0.25, 0.3) is 0 Å². The Labute approximate surface area is 155 Å². The van der Waals surface area contributed by atoms with E-state index < -0.39 is 7.82 Å². The molecule has 2 aromatic carbocycles. The number of aromatic hydroxyl groups is 1. The van der Waals surface area contributed by atoms with Crippen LogP contribution in [-0.2, 0) is 15.4 Å². The van der Waals surface area contributed by atoms with E-state index in [0.717, 1.165) is 11.1 Å². The van der Waals surface area contributed by atoms with Gasteiger partial charge in [-0.25, -0.2) is 4.57 Å². The normalized spacial score (nSPS) is 14.6. The summed E-state index contributed by atoms with van der Waals surface area (Å²) in [6, 6.07) is 11.1. The fraction of sp³-hybridized carbons (Fsp3) is 0.400. The predicted molar refractivity (Wildman–Crippen MR) is 103 cm³/mol. The summed E-state index contributed by atoms with van der Waals surface area (Å²) in [5.74, 6) is 0.492. The van der Waals surface area contributed by atoms with E-state index in [1.165, 1.54) is 24.3 Å². The minimum Gasteiger partial charge on any atom is -0.508 e. The summed E-state index contributed by atoms with van der Waals surface area (Å²) < 4.78 is 22.9. The highest BCUT2D eigenvalue weighted by molar-refractivity contribution is 7.48. The summed E-state index contributed by atoms with van der Waals surface area (Å²) in [5, 5.41) is 9.29. The van der Waals surface area contributed by atoms with Crippen LogP contribution in [0.15, 0.2) is 42.5 Å². The maximum atomic E-state index is 12.4. The van der Waals surface area contributed by atoms with Crippen molar-refractivity contribution in [2.75, 3.05) is 0 Å². The first-order chi connectivity index (χ1) is 11.8. The number of benzene rings is 2. The van der Waals surface area contributed by atoms with Gasteiger partial charge in [0.1, 0.15) is 17.2 Å². The number of hydrogen-bond donors (Lipinski definition) is 2. The molecule has 0 spiro atoms. The van der Waals surface area contributed by atoms with Crippen LogP contribution in [-0.4, -0.2) is 10.00 Å². The van der Waals surface area contributed by atoms with Crippen molar-refractivity contribution in [3.8, 4) is 17.2 Å². The minimum absolute atomic E-state index is 0.0406. The molecule has 142 valence electrons. The zero-order chi connectivity index (χ0) is 19.8. The van der Waals surface area contributed by atoms with Crippen molar-refractivity contribution >= 4 is 7.82 Å². The average molecular weight is 378 g/mol. The van der Waals surface area contributed by atoms with E-state index in [1.54, 1.807) is 6.07 Å². The number of phosphoric ester groups is 1. The average Bonchev–Trinajstić information content (AvgIpc) is 2.47. The molecule has 1 atom stereocenters. The monoisotopic (exact) mass is 378 g/mol. The highest BCUT2D eigenvalue weighted by Gasteiger charge is 2.30. The van der Waals surface area contributed by atoms with Crippen molar-refractivity contribution in [1.29, 1.82) is 0 Å². The third kappa shape index (κ3) is 5.26. The van der Waals surface area contributed by atoms with Crippen LogP contribution in [0.5, 0.6) is 17.2 Å². The van der Waals surface area contributed by atoms with E-state index in [1.807, 2.05) is 32.9 Å². The maximum Gasteiger partial charge on any atom is 0.584 e. The minimum atomic E-state index is -4.39. The van der Waals surface area contributed by atoms with E-state index in [-0.39, 0.29) is 22.3 Å². The first kappa shape index (κ1) is 20.3. The molecule has 0 aliphatic heterocycles. The molecule has 2 N–H and O–H groups in total. The Hall–Kier alpha value is -1.97. The molecule has 1 unspecified atom stereocenters. The van der Waals surface area contributed by atoms with E-state index in [2.05, 4.69) is 20.8 Å². The number of rotatable bonds is 4. The summed E-state index contributed by atoms with van der Waals surface area (Å²) in [4.78, 5) is 10.2. The number of hydrogen-bond acceptors (Lipinski definition) is 4. The zero-order valence-corrected chi connectivity index (χ0v) is 17.0. The lowest BCUT2D eigenvalue weighted by molar-refractivity contribution is 0.288. The molecule has 0 amide bonds. The number of phosphoric acid groups is 1. The molecular weight excluding hydrogens is 351 g/mol. The fourth-order valence-electron chi connectivity index (χ4n) is 2.45. The molecule has 0 heterocycles. The predicted octanol–water partition coefficient (Wildman–Crippen LogP) is 5.55. The van der Waals surface area contributed by atoms with Crippen LogP contribution in [0.1, 0.15) is 52.7 Å². The molecule has 0 saturated heterocycles. The topological polar surface area (TPSA) is 76.0 Å². The van der Waals surface area contributed by atoms with Gasteiger partial charge in [-0.1, -0.05) is 53.7 Å². The van der Waals surface area contributed by atoms with Crippen LogP contribution in [0, 0.1) is 0 Å². The molecule has 0 bridgehead atoms. The Morgan fingerprint density at radius 2 is 1.42 bits per heavy atom. The van der Waals surface area contributed by atoms with Gasteiger partial charge < -0.3 is 14.2 Å². The highest BCUT2D eigenvalue weighted by atomic mass is 31.2. The SMILES string of the molecule is CC(C)(C)c1ccc(OP(=O)(O)Oc2ccc(O)cc2)c(C(C)(C)C)c1. The highest BCUT2D eigenvalue weighted by Crippen LogP contribution is 2.47. The van der Waals surface area contributed by atoms with Gasteiger partial charge in [-0.3, -0.25) is 4.89 Å². The standard InChI is InChI=1S/C20H27O5P/c1-19(2,3)14-7-12-18(17(13-14)20(4,5)6)25-26(22,23)24-16-10-8-15(21)9-11-16/h7-13,21H,1-6H3,(H,22,23). The van der Waals surface area contributed by atoms with Gasteiger partial charge in [0.15, 0.2) is 0 Å². The lowest BCUT2D eigenvalue weighted by Gasteiger charge is -2.27. The Morgan fingerprint density at radius 3 is 1.92 bits per heavy atom. The molecule has 6 heteroatoms. The molecule has 2 rings (SSSR count). The molecule has 5 nitrogen and oxygen atoms in total. The van der Waals surface area contributed by atoms with Gasteiger partial charge in [0.25, 0.3) is 0 Å². The first-order valence-electron chi connectivity index (χ1n) is 8.44. The van der Waals surface area contributed by atoms with Crippen molar-refractivity contribution in [1.82, 2.24) is 0 Å². The number of phenols is 1. The molecule has 0 aliphatic rings. The molecule has 2 aromatic rings. The van der Waals surface area contributed by atoms with Crippen LogP contribution >= 0.6 is 7.82 Å². The Balaban J connectivity index is 2.35. The van der Waals surface area contributed by atoms with Crippen LogP contribution in [0.4, 0.5) is 0 Å². The van der Waals surface area contributed by atoms with Crippen molar-refractivity contribution in [2.45, 2.75) is 52.4 Å². The van der Waals surface area contributed by atoms with Crippen LogP contribution < -0.4 is 9.05 Å². The smallest absolute Gasteiger partial charge is 0.508 e. The lowest BCUT2D eigenvalue weighted by Crippen LogP contribution is -2.17. The van der Waals surface area contributed by atoms with Gasteiger partial charge in [0, 0.05) is 5.56 Å². The molecular formula is C20H27O5P. The van der Waals surface area contributed by atoms with E-state index >= 15 is 0 Å². The van der Waals surface area contributed by atoms with Gasteiger partial charge in [-0.15, -0.1) is 0 Å². The largest absolute Gasteiger partial charge is 0.584 e. The third-order valence-electron chi connectivity index (χ3n) is 3.92. The fourth-order valence-corrected chi connectivity index (χ4v) is 3.28. The Morgan fingerprint density at radius 1 is 0.846 bits per heavy atom. The molecule has 0 saturated carbocycles. The summed E-state index contributed by atoms with van der Waals surface area (Å²) in [5.41, 5.74) is 1.61. The van der Waals surface area contributed by atoms with Crippen molar-refractivity contribution in [2.24, 2.45) is 0 Å². The van der Waals surface area contributed by atoms with Crippen LogP contribution in [0.3, 0.4) is 0 Å². The molecule has 26 heavy (non-hydrogen) atoms. The quantitative estimate of drug-likeness (QED) is 0.683. The van der Waals surface area contributed by atoms with Crippen molar-refractivity contribution in [3.63, 3.8) is 0 Å². The zero-order valence-electron chi connectivity index (χ0n) is 16.1. The Bertz CT molecular complexity index is 814. The van der Waals surface area contributed by atoms with Gasteiger partial charge in [-0.05, 0) is 46.7 Å². The second-order valence-corrected chi connectivity index (χ2v) is 9.66. The second kappa shape index (κ2) is 6.98. The molecule has 0 aromatic heterocycles. The number of phenolic OH excluding ortho intramolecular Hbond substituents is 1. The molecule has 0 fully saturated rings. The van der Waals surface area contributed by atoms with E-state index in [9.17, 15) is 14.6 Å². The second-order valence-electron chi connectivity index (χ2n) is 8.36. The van der Waals surface area contributed by atoms with Crippen molar-refractivity contribution < 1.29 is 23.6 Å². The molecule has 0 radical (unpaired) electrons. The van der Waals surface area contributed by atoms with E-state index in [0.29, 0.717) is 5.75 Å². The van der Waals surface area contributed by atoms with Crippen LogP contribution in [0.2, 0.25) is 0 Å². The molecule has 0 aliphatic carbocycles. The van der Waals surface area contributed by atoms with Gasteiger partial charge in [0.2, 0.25) is 0 Å². The maximum absolute atomic E-state index is 12.4. The summed E-state index contributed by atoms with van der Waals surface area (Å²) in [6.45, 7) is 12.4. The summed E-state index contributed by atoms with van der Waals surface area (Å²) in [7, 11) is -4.39. The van der Waals surface area contributed by atoms with Crippen molar-refractivity contribution in [3.05, 3.63) is 53.6 Å². The summed E-state index contributed by atoms with van der Waals surface area (Å²) >= 11 is 0. The van der Waals surface area contributed by atoms with Gasteiger partial charge in [0.05, 0.1) is 0 Å². The van der Waals surface area contributed by atoms with Gasteiger partial charge >= 0.3 is 7.82 Å². The lowest BCUT2D eigenvalue weighted by atomic mass is 9.80. The first-order valence-corrected chi connectivity index (χ1v) is 9.93. The third-order valence-corrected chi connectivity index (χ3v) is 4.79. The Kier molecular flexibility index (Phi) is 5.46. The summed E-state index contributed by atoms with van der Waals surface area (Å²) in [6.07, 6.45) is 0. The van der Waals surface area contributed by atoms with E-state index in [4.69, 9.17) is 9.05 Å². The van der Waals surface area contributed by atoms with Gasteiger partial charge in [-0.2, -0.15) is 0 Å².